The summed E-state index contributed by atoms with van der Waals surface area (Å²) in [4.78, 5) is 23.7. The van der Waals surface area contributed by atoms with Crippen LogP contribution in [-0.2, 0) is 9.53 Å². The highest BCUT2D eigenvalue weighted by atomic mass is 35.5. The smallest absolute Gasteiger partial charge is 0.328 e. The van der Waals surface area contributed by atoms with Gasteiger partial charge in [-0.3, -0.25) is 0 Å². The van der Waals surface area contributed by atoms with Gasteiger partial charge < -0.3 is 15.4 Å². The first-order valence-electron chi connectivity index (χ1n) is 6.80. The first-order chi connectivity index (χ1) is 9.88. The van der Waals surface area contributed by atoms with E-state index in [1.807, 2.05) is 26.8 Å². The molecule has 0 saturated carbocycles. The summed E-state index contributed by atoms with van der Waals surface area (Å²) >= 11 is 6.00. The van der Waals surface area contributed by atoms with Gasteiger partial charge in [0, 0.05) is 10.7 Å². The van der Waals surface area contributed by atoms with Gasteiger partial charge >= 0.3 is 12.0 Å². The Bertz CT molecular complexity index is 520. The molecule has 0 bridgehead atoms. The predicted octanol–water partition coefficient (Wildman–Crippen LogP) is 3.36. The second kappa shape index (κ2) is 7.88. The number of hydrogen-bond acceptors (Lipinski definition) is 3. The van der Waals surface area contributed by atoms with Crippen LogP contribution in [0.5, 0.6) is 0 Å². The number of aryl methyl sites for hydroxylation is 1. The molecule has 2 N–H and O–H groups in total. The van der Waals surface area contributed by atoms with E-state index in [0.717, 1.165) is 12.0 Å². The molecule has 2 amide bonds. The standard InChI is InChI=1S/C15H21ClN2O3/c1-5-9(2)13(14(19)21-4)18-15(20)17-11-7-6-10(3)12(16)8-11/h6-9,13H,5H2,1-4H3,(H2,17,18,20). The third kappa shape index (κ3) is 4.93. The number of halogens is 1. The molecule has 0 aliphatic rings. The molecule has 0 aliphatic carbocycles. The van der Waals surface area contributed by atoms with Gasteiger partial charge in [-0.15, -0.1) is 0 Å². The van der Waals surface area contributed by atoms with E-state index in [1.165, 1.54) is 7.11 Å². The molecule has 5 nitrogen and oxygen atoms in total. The highest BCUT2D eigenvalue weighted by Gasteiger charge is 2.26. The minimum Gasteiger partial charge on any atom is -0.467 e. The number of carbonyl (C=O) groups is 2. The number of ether oxygens (including phenoxy) is 1. The zero-order valence-corrected chi connectivity index (χ0v) is 13.5. The fourth-order valence-electron chi connectivity index (χ4n) is 1.78. The third-order valence-electron chi connectivity index (χ3n) is 3.38. The molecule has 116 valence electrons. The summed E-state index contributed by atoms with van der Waals surface area (Å²) in [6, 6.07) is 4.07. The summed E-state index contributed by atoms with van der Waals surface area (Å²) in [5, 5.41) is 5.86. The zero-order valence-electron chi connectivity index (χ0n) is 12.7. The van der Waals surface area contributed by atoms with E-state index in [2.05, 4.69) is 10.6 Å². The zero-order chi connectivity index (χ0) is 16.0. The molecule has 21 heavy (non-hydrogen) atoms. The molecule has 0 aliphatic heterocycles. The second-order valence-electron chi connectivity index (χ2n) is 4.95. The minimum atomic E-state index is -0.680. The predicted molar refractivity (Wildman–Crippen MR) is 83.6 cm³/mol. The van der Waals surface area contributed by atoms with Crippen LogP contribution in [0.4, 0.5) is 10.5 Å². The molecule has 0 spiro atoms. The Morgan fingerprint density at radius 1 is 1.38 bits per heavy atom. The SMILES string of the molecule is CCC(C)C(NC(=O)Nc1ccc(C)c(Cl)c1)C(=O)OC. The number of rotatable bonds is 5. The van der Waals surface area contributed by atoms with Crippen molar-refractivity contribution < 1.29 is 14.3 Å². The lowest BCUT2D eigenvalue weighted by Gasteiger charge is -2.22. The second-order valence-corrected chi connectivity index (χ2v) is 5.36. The third-order valence-corrected chi connectivity index (χ3v) is 3.79. The first-order valence-corrected chi connectivity index (χ1v) is 7.18. The van der Waals surface area contributed by atoms with Gasteiger partial charge in [0.1, 0.15) is 6.04 Å². The number of amides is 2. The largest absolute Gasteiger partial charge is 0.467 e. The number of anilines is 1. The van der Waals surface area contributed by atoms with Crippen LogP contribution in [0.2, 0.25) is 5.02 Å². The Morgan fingerprint density at radius 2 is 2.05 bits per heavy atom. The summed E-state index contributed by atoms with van der Waals surface area (Å²) in [6.45, 7) is 5.70. The molecule has 0 aromatic heterocycles. The van der Waals surface area contributed by atoms with Crippen molar-refractivity contribution in [1.82, 2.24) is 5.32 Å². The fraction of sp³-hybridized carbons (Fsp3) is 0.467. The molecule has 1 aromatic rings. The van der Waals surface area contributed by atoms with Crippen molar-refractivity contribution in [3.05, 3.63) is 28.8 Å². The number of methoxy groups -OCH3 is 1. The van der Waals surface area contributed by atoms with Crippen LogP contribution in [0.3, 0.4) is 0 Å². The lowest BCUT2D eigenvalue weighted by Crippen LogP contribution is -2.47. The maximum atomic E-state index is 12.0. The first kappa shape index (κ1) is 17.3. The fourth-order valence-corrected chi connectivity index (χ4v) is 1.96. The van der Waals surface area contributed by atoms with Gasteiger partial charge in [-0.1, -0.05) is 37.9 Å². The van der Waals surface area contributed by atoms with Gasteiger partial charge in [0.2, 0.25) is 0 Å². The van der Waals surface area contributed by atoms with Crippen molar-refractivity contribution >= 4 is 29.3 Å². The van der Waals surface area contributed by atoms with Gasteiger partial charge in [0.05, 0.1) is 7.11 Å². The molecule has 6 heteroatoms. The van der Waals surface area contributed by atoms with Crippen LogP contribution in [-0.4, -0.2) is 25.2 Å². The van der Waals surface area contributed by atoms with Crippen LogP contribution >= 0.6 is 11.6 Å². The Kier molecular flexibility index (Phi) is 6.49. The molecular weight excluding hydrogens is 292 g/mol. The van der Waals surface area contributed by atoms with Crippen molar-refractivity contribution in [1.29, 1.82) is 0 Å². The normalized spacial score (nSPS) is 13.2. The van der Waals surface area contributed by atoms with Crippen LogP contribution < -0.4 is 10.6 Å². The number of nitrogens with one attached hydrogen (secondary N) is 2. The molecule has 2 atom stereocenters. The molecule has 2 unspecified atom stereocenters. The van der Waals surface area contributed by atoms with Crippen LogP contribution in [0, 0.1) is 12.8 Å². The Hall–Kier alpha value is -1.75. The van der Waals surface area contributed by atoms with Crippen molar-refractivity contribution in [3.8, 4) is 0 Å². The van der Waals surface area contributed by atoms with E-state index in [-0.39, 0.29) is 5.92 Å². The Morgan fingerprint density at radius 3 is 2.57 bits per heavy atom. The Labute approximate surface area is 130 Å². The average molecular weight is 313 g/mol. The summed E-state index contributed by atoms with van der Waals surface area (Å²) < 4.78 is 4.72. The minimum absolute atomic E-state index is 0.0233. The molecule has 0 heterocycles. The maximum Gasteiger partial charge on any atom is 0.328 e. The quantitative estimate of drug-likeness (QED) is 0.819. The van der Waals surface area contributed by atoms with Crippen LogP contribution in [0.25, 0.3) is 0 Å². The summed E-state index contributed by atoms with van der Waals surface area (Å²) in [5.74, 6) is -0.480. The number of benzene rings is 1. The highest BCUT2D eigenvalue weighted by Crippen LogP contribution is 2.20. The summed E-state index contributed by atoms with van der Waals surface area (Å²) in [5.41, 5.74) is 1.49. The van der Waals surface area contributed by atoms with Crippen molar-refractivity contribution in [2.45, 2.75) is 33.2 Å². The number of urea groups is 1. The van der Waals surface area contributed by atoms with E-state index in [0.29, 0.717) is 10.7 Å². The Balaban J connectivity index is 2.73. The summed E-state index contributed by atoms with van der Waals surface area (Å²) in [7, 11) is 1.30. The van der Waals surface area contributed by atoms with Crippen molar-refractivity contribution in [3.63, 3.8) is 0 Å². The van der Waals surface area contributed by atoms with E-state index >= 15 is 0 Å². The topological polar surface area (TPSA) is 67.4 Å². The van der Waals surface area contributed by atoms with Gasteiger partial charge in [-0.05, 0) is 30.5 Å². The van der Waals surface area contributed by atoms with Gasteiger partial charge in [0.25, 0.3) is 0 Å². The molecule has 1 rings (SSSR count). The van der Waals surface area contributed by atoms with E-state index < -0.39 is 18.0 Å². The van der Waals surface area contributed by atoms with E-state index in [1.54, 1.807) is 12.1 Å². The number of hydrogen-bond donors (Lipinski definition) is 2. The molecule has 0 fully saturated rings. The monoisotopic (exact) mass is 312 g/mol. The van der Waals surface area contributed by atoms with E-state index in [9.17, 15) is 9.59 Å². The average Bonchev–Trinajstić information content (AvgIpc) is 2.47. The number of esters is 1. The van der Waals surface area contributed by atoms with Crippen molar-refractivity contribution in [2.24, 2.45) is 5.92 Å². The van der Waals surface area contributed by atoms with Crippen LogP contribution in [0.15, 0.2) is 18.2 Å². The van der Waals surface area contributed by atoms with Gasteiger partial charge in [0.15, 0.2) is 0 Å². The van der Waals surface area contributed by atoms with E-state index in [4.69, 9.17) is 16.3 Å². The lowest BCUT2D eigenvalue weighted by molar-refractivity contribution is -0.144. The molecule has 0 radical (unpaired) electrons. The molecular formula is C15H21ClN2O3. The van der Waals surface area contributed by atoms with Crippen molar-refractivity contribution in [2.75, 3.05) is 12.4 Å². The number of carbonyl (C=O) groups excluding carboxylic acids is 2. The lowest BCUT2D eigenvalue weighted by atomic mass is 9.99. The van der Waals surface area contributed by atoms with Gasteiger partial charge in [-0.2, -0.15) is 0 Å². The van der Waals surface area contributed by atoms with Crippen LogP contribution in [0.1, 0.15) is 25.8 Å². The van der Waals surface area contributed by atoms with Gasteiger partial charge in [-0.25, -0.2) is 9.59 Å². The molecule has 0 saturated heterocycles. The summed E-state index contributed by atoms with van der Waals surface area (Å²) in [6.07, 6.45) is 0.746. The molecule has 1 aromatic carbocycles. The maximum absolute atomic E-state index is 12.0. The highest BCUT2D eigenvalue weighted by molar-refractivity contribution is 6.31.